The Bertz CT molecular complexity index is 535. The van der Waals surface area contributed by atoms with Crippen LogP contribution in [0.5, 0.6) is 0 Å². The molecule has 0 aliphatic carbocycles. The van der Waals surface area contributed by atoms with Crippen molar-refractivity contribution in [2.75, 3.05) is 19.6 Å². The summed E-state index contributed by atoms with van der Waals surface area (Å²) in [6.07, 6.45) is 0.334. The highest BCUT2D eigenvalue weighted by molar-refractivity contribution is 7.86. The number of hydrogen-bond acceptors (Lipinski definition) is 5. The van der Waals surface area contributed by atoms with E-state index in [2.05, 4.69) is 4.18 Å². The van der Waals surface area contributed by atoms with Crippen molar-refractivity contribution in [1.82, 2.24) is 0 Å². The third-order valence-corrected chi connectivity index (χ3v) is 5.47. The minimum absolute atomic E-state index is 0.0548. The average Bonchev–Trinajstić information content (AvgIpc) is 2.29. The SMILES string of the molecule is CCP(C)(=O)OCOS(=O)(=O)c1ccc(C)cc1. The van der Waals surface area contributed by atoms with Crippen LogP contribution in [0.4, 0.5) is 0 Å². The lowest BCUT2D eigenvalue weighted by Gasteiger charge is -2.11. The van der Waals surface area contributed by atoms with E-state index >= 15 is 0 Å². The van der Waals surface area contributed by atoms with E-state index in [1.807, 2.05) is 6.92 Å². The van der Waals surface area contributed by atoms with Crippen molar-refractivity contribution in [3.05, 3.63) is 29.8 Å². The van der Waals surface area contributed by atoms with Crippen LogP contribution < -0.4 is 0 Å². The molecule has 1 rings (SSSR count). The van der Waals surface area contributed by atoms with E-state index in [0.29, 0.717) is 6.16 Å². The van der Waals surface area contributed by atoms with Gasteiger partial charge in [-0.1, -0.05) is 24.6 Å². The smallest absolute Gasteiger partial charge is 0.299 e. The summed E-state index contributed by atoms with van der Waals surface area (Å²) in [6.45, 7) is 4.47. The minimum atomic E-state index is -3.85. The van der Waals surface area contributed by atoms with Crippen LogP contribution in [0, 0.1) is 6.92 Å². The fraction of sp³-hybridized carbons (Fsp3) is 0.455. The molecule has 0 aliphatic rings. The molecular formula is C11H17O5PS. The fourth-order valence-electron chi connectivity index (χ4n) is 1.06. The Morgan fingerprint density at radius 3 is 2.28 bits per heavy atom. The molecule has 1 unspecified atom stereocenters. The largest absolute Gasteiger partial charge is 0.300 e. The molecule has 0 fully saturated rings. The summed E-state index contributed by atoms with van der Waals surface area (Å²) >= 11 is 0. The van der Waals surface area contributed by atoms with Gasteiger partial charge in [-0.15, -0.1) is 0 Å². The monoisotopic (exact) mass is 292 g/mol. The summed E-state index contributed by atoms with van der Waals surface area (Å²) in [6, 6.07) is 6.26. The highest BCUT2D eigenvalue weighted by Crippen LogP contribution is 2.41. The molecule has 0 aromatic heterocycles. The van der Waals surface area contributed by atoms with Gasteiger partial charge in [0.05, 0.1) is 4.90 Å². The van der Waals surface area contributed by atoms with E-state index in [1.54, 1.807) is 19.1 Å². The molecule has 1 aromatic carbocycles. The van der Waals surface area contributed by atoms with E-state index in [-0.39, 0.29) is 4.90 Å². The quantitative estimate of drug-likeness (QED) is 0.458. The molecule has 0 N–H and O–H groups in total. The van der Waals surface area contributed by atoms with Gasteiger partial charge in [0.15, 0.2) is 6.79 Å². The predicted octanol–water partition coefficient (Wildman–Crippen LogP) is 2.60. The van der Waals surface area contributed by atoms with Crippen LogP contribution in [0.3, 0.4) is 0 Å². The molecular weight excluding hydrogens is 275 g/mol. The van der Waals surface area contributed by atoms with Gasteiger partial charge in [0.2, 0.25) is 7.37 Å². The van der Waals surface area contributed by atoms with Gasteiger partial charge in [0.25, 0.3) is 10.1 Å². The standard InChI is InChI=1S/C11H17O5PS/c1-4-17(3,12)15-9-16-18(13,14)11-7-5-10(2)6-8-11/h5-8H,4,9H2,1-3H3. The van der Waals surface area contributed by atoms with Crippen molar-refractivity contribution < 1.29 is 21.7 Å². The van der Waals surface area contributed by atoms with Crippen LogP contribution >= 0.6 is 7.37 Å². The van der Waals surface area contributed by atoms with Gasteiger partial charge < -0.3 is 0 Å². The minimum Gasteiger partial charge on any atom is -0.300 e. The maximum atomic E-state index is 11.7. The molecule has 0 aliphatic heterocycles. The Morgan fingerprint density at radius 2 is 1.78 bits per heavy atom. The Labute approximate surface area is 108 Å². The molecule has 0 spiro atoms. The molecule has 18 heavy (non-hydrogen) atoms. The maximum Gasteiger partial charge on any atom is 0.299 e. The van der Waals surface area contributed by atoms with Crippen LogP contribution in [0.25, 0.3) is 0 Å². The second-order valence-electron chi connectivity index (χ2n) is 3.96. The highest BCUT2D eigenvalue weighted by atomic mass is 32.2. The summed E-state index contributed by atoms with van der Waals surface area (Å²) in [5.74, 6) is 0. The molecule has 0 radical (unpaired) electrons. The lowest BCUT2D eigenvalue weighted by molar-refractivity contribution is 0.130. The lowest BCUT2D eigenvalue weighted by Crippen LogP contribution is -2.09. The van der Waals surface area contributed by atoms with Gasteiger partial charge in [-0.25, -0.2) is 4.18 Å². The zero-order chi connectivity index (χ0) is 13.8. The fourth-order valence-corrected chi connectivity index (χ4v) is 2.37. The molecule has 1 atom stereocenters. The van der Waals surface area contributed by atoms with Crippen molar-refractivity contribution in [2.24, 2.45) is 0 Å². The lowest BCUT2D eigenvalue weighted by atomic mass is 10.2. The molecule has 7 heteroatoms. The van der Waals surface area contributed by atoms with Crippen molar-refractivity contribution in [1.29, 1.82) is 0 Å². The molecule has 102 valence electrons. The Balaban J connectivity index is 2.66. The molecule has 0 bridgehead atoms. The van der Waals surface area contributed by atoms with Gasteiger partial charge in [0, 0.05) is 12.8 Å². The summed E-state index contributed by atoms with van der Waals surface area (Å²) in [5, 5.41) is 0. The topological polar surface area (TPSA) is 69.7 Å². The summed E-state index contributed by atoms with van der Waals surface area (Å²) in [5.41, 5.74) is 0.953. The molecule has 0 saturated heterocycles. The van der Waals surface area contributed by atoms with Crippen molar-refractivity contribution >= 4 is 17.5 Å². The van der Waals surface area contributed by atoms with Crippen LogP contribution in [0.1, 0.15) is 12.5 Å². The normalized spacial score (nSPS) is 15.3. The van der Waals surface area contributed by atoms with E-state index in [9.17, 15) is 13.0 Å². The number of benzene rings is 1. The summed E-state index contributed by atoms with van der Waals surface area (Å²) < 4.78 is 44.6. The maximum absolute atomic E-state index is 11.7. The molecule has 1 aromatic rings. The molecule has 5 nitrogen and oxygen atoms in total. The molecule has 0 amide bonds. The zero-order valence-electron chi connectivity index (χ0n) is 10.6. The van der Waals surface area contributed by atoms with E-state index in [1.165, 1.54) is 18.8 Å². The average molecular weight is 292 g/mol. The second-order valence-corrected chi connectivity index (χ2v) is 8.50. The number of aryl methyl sites for hydroxylation is 1. The van der Waals surface area contributed by atoms with Gasteiger partial charge in [-0.3, -0.25) is 9.09 Å². The summed E-state index contributed by atoms with van der Waals surface area (Å²) in [7, 11) is -6.60. The van der Waals surface area contributed by atoms with E-state index in [4.69, 9.17) is 4.52 Å². The van der Waals surface area contributed by atoms with Crippen LogP contribution in [0.15, 0.2) is 29.2 Å². The first-order chi connectivity index (χ1) is 8.27. The van der Waals surface area contributed by atoms with Crippen LogP contribution in [0.2, 0.25) is 0 Å². The van der Waals surface area contributed by atoms with Gasteiger partial charge in [-0.2, -0.15) is 8.42 Å². The van der Waals surface area contributed by atoms with E-state index < -0.39 is 24.3 Å². The first kappa shape index (κ1) is 15.4. The third-order valence-electron chi connectivity index (χ3n) is 2.41. The van der Waals surface area contributed by atoms with E-state index in [0.717, 1.165) is 5.56 Å². The second kappa shape index (κ2) is 5.97. The summed E-state index contributed by atoms with van der Waals surface area (Å²) in [4.78, 5) is 0.0548. The van der Waals surface area contributed by atoms with Crippen molar-refractivity contribution in [3.63, 3.8) is 0 Å². The van der Waals surface area contributed by atoms with Gasteiger partial charge >= 0.3 is 0 Å². The molecule has 0 heterocycles. The van der Waals surface area contributed by atoms with Gasteiger partial charge in [0.1, 0.15) is 0 Å². The predicted molar refractivity (Wildman–Crippen MR) is 69.5 cm³/mol. The van der Waals surface area contributed by atoms with Crippen molar-refractivity contribution in [2.45, 2.75) is 18.7 Å². The first-order valence-corrected chi connectivity index (χ1v) is 9.10. The Morgan fingerprint density at radius 1 is 1.22 bits per heavy atom. The number of rotatable bonds is 6. The Kier molecular flexibility index (Phi) is 5.10. The molecule has 0 saturated carbocycles. The number of hydrogen-bond donors (Lipinski definition) is 0. The zero-order valence-corrected chi connectivity index (χ0v) is 12.3. The first-order valence-electron chi connectivity index (χ1n) is 5.44. The highest BCUT2D eigenvalue weighted by Gasteiger charge is 2.18. The third kappa shape index (κ3) is 4.53. The van der Waals surface area contributed by atoms with Gasteiger partial charge in [-0.05, 0) is 19.1 Å². The van der Waals surface area contributed by atoms with Crippen LogP contribution in [-0.4, -0.2) is 28.0 Å². The van der Waals surface area contributed by atoms with Crippen LogP contribution in [-0.2, 0) is 23.4 Å². The van der Waals surface area contributed by atoms with Crippen molar-refractivity contribution in [3.8, 4) is 0 Å². The Hall–Kier alpha value is -0.680.